The van der Waals surface area contributed by atoms with E-state index in [1.807, 2.05) is 6.92 Å². The standard InChI is InChI=1S/C15H20N2OS/c1-10-5-6-14(15(7-10)18-4)11(2)16-8-13-9-19-12(3)17-13/h5-7,9,11,16H,8H2,1-4H3. The van der Waals surface area contributed by atoms with Gasteiger partial charge in [0.2, 0.25) is 0 Å². The average Bonchev–Trinajstić information content (AvgIpc) is 2.81. The molecule has 0 spiro atoms. The number of nitrogens with one attached hydrogen (secondary N) is 1. The van der Waals surface area contributed by atoms with Crippen molar-refractivity contribution in [3.05, 3.63) is 45.4 Å². The van der Waals surface area contributed by atoms with Crippen LogP contribution in [0.25, 0.3) is 0 Å². The van der Waals surface area contributed by atoms with Crippen LogP contribution in [-0.2, 0) is 6.54 Å². The van der Waals surface area contributed by atoms with Crippen LogP contribution in [0.2, 0.25) is 0 Å². The highest BCUT2D eigenvalue weighted by molar-refractivity contribution is 7.09. The van der Waals surface area contributed by atoms with E-state index in [1.165, 1.54) is 11.1 Å². The van der Waals surface area contributed by atoms with Crippen molar-refractivity contribution in [2.45, 2.75) is 33.4 Å². The molecule has 0 aliphatic carbocycles. The summed E-state index contributed by atoms with van der Waals surface area (Å²) in [5.74, 6) is 0.939. The lowest BCUT2D eigenvalue weighted by atomic mass is 10.0. The summed E-state index contributed by atoms with van der Waals surface area (Å²) in [5, 5.41) is 6.69. The second kappa shape index (κ2) is 6.17. The highest BCUT2D eigenvalue weighted by Gasteiger charge is 2.11. The number of thiazole rings is 1. The number of rotatable bonds is 5. The van der Waals surface area contributed by atoms with E-state index in [0.29, 0.717) is 0 Å². The van der Waals surface area contributed by atoms with Gasteiger partial charge in [-0.15, -0.1) is 11.3 Å². The fraction of sp³-hybridized carbons (Fsp3) is 0.400. The number of ether oxygens (including phenoxy) is 1. The van der Waals surface area contributed by atoms with Gasteiger partial charge in [0.05, 0.1) is 17.8 Å². The summed E-state index contributed by atoms with van der Waals surface area (Å²) in [5.41, 5.74) is 3.49. The van der Waals surface area contributed by atoms with Crippen molar-refractivity contribution >= 4 is 11.3 Å². The molecule has 19 heavy (non-hydrogen) atoms. The van der Waals surface area contributed by atoms with Gasteiger partial charge < -0.3 is 10.1 Å². The molecule has 0 bridgehead atoms. The van der Waals surface area contributed by atoms with Gasteiger partial charge in [-0.3, -0.25) is 0 Å². The number of nitrogens with zero attached hydrogens (tertiary/aromatic N) is 1. The SMILES string of the molecule is COc1cc(C)ccc1C(C)NCc1csc(C)n1. The largest absolute Gasteiger partial charge is 0.496 e. The van der Waals surface area contributed by atoms with Gasteiger partial charge >= 0.3 is 0 Å². The van der Waals surface area contributed by atoms with E-state index in [0.717, 1.165) is 23.0 Å². The number of hydrogen-bond donors (Lipinski definition) is 1. The molecule has 1 N–H and O–H groups in total. The van der Waals surface area contributed by atoms with Gasteiger partial charge in [0.1, 0.15) is 5.75 Å². The molecule has 3 nitrogen and oxygen atoms in total. The highest BCUT2D eigenvalue weighted by atomic mass is 32.1. The predicted octanol–water partition coefficient (Wildman–Crippen LogP) is 3.62. The monoisotopic (exact) mass is 276 g/mol. The first-order valence-electron chi connectivity index (χ1n) is 6.39. The maximum Gasteiger partial charge on any atom is 0.123 e. The van der Waals surface area contributed by atoms with E-state index in [-0.39, 0.29) is 6.04 Å². The minimum absolute atomic E-state index is 0.234. The Morgan fingerprint density at radius 2 is 2.16 bits per heavy atom. The first-order chi connectivity index (χ1) is 9.10. The summed E-state index contributed by atoms with van der Waals surface area (Å²) in [7, 11) is 1.72. The molecule has 0 fully saturated rings. The molecular weight excluding hydrogens is 256 g/mol. The van der Waals surface area contributed by atoms with Crippen LogP contribution in [0.1, 0.15) is 34.8 Å². The molecule has 1 heterocycles. The Bertz CT molecular complexity index is 551. The second-order valence-corrected chi connectivity index (χ2v) is 5.77. The third-order valence-corrected chi connectivity index (χ3v) is 3.93. The van der Waals surface area contributed by atoms with Crippen LogP contribution in [0.15, 0.2) is 23.6 Å². The molecule has 0 radical (unpaired) electrons. The number of hydrogen-bond acceptors (Lipinski definition) is 4. The van der Waals surface area contributed by atoms with E-state index in [4.69, 9.17) is 4.74 Å². The van der Waals surface area contributed by atoms with Crippen LogP contribution in [0.3, 0.4) is 0 Å². The molecule has 4 heteroatoms. The molecule has 1 unspecified atom stereocenters. The molecular formula is C15H20N2OS. The van der Waals surface area contributed by atoms with Gasteiger partial charge in [-0.25, -0.2) is 4.98 Å². The Hall–Kier alpha value is -1.39. The van der Waals surface area contributed by atoms with Gasteiger partial charge in [-0.2, -0.15) is 0 Å². The number of aromatic nitrogens is 1. The average molecular weight is 276 g/mol. The molecule has 0 aliphatic rings. The molecule has 102 valence electrons. The fourth-order valence-electron chi connectivity index (χ4n) is 2.03. The van der Waals surface area contributed by atoms with Crippen LogP contribution in [0.4, 0.5) is 0 Å². The van der Waals surface area contributed by atoms with Crippen molar-refractivity contribution in [2.24, 2.45) is 0 Å². The number of methoxy groups -OCH3 is 1. The third kappa shape index (κ3) is 3.55. The number of aryl methyl sites for hydroxylation is 2. The molecule has 1 aromatic heterocycles. The molecule has 0 amide bonds. The van der Waals surface area contributed by atoms with Crippen LogP contribution in [-0.4, -0.2) is 12.1 Å². The predicted molar refractivity (Wildman–Crippen MR) is 79.8 cm³/mol. The van der Waals surface area contributed by atoms with Crippen molar-refractivity contribution in [3.63, 3.8) is 0 Å². The van der Waals surface area contributed by atoms with Gasteiger partial charge in [0.15, 0.2) is 0 Å². The molecule has 2 rings (SSSR count). The van der Waals surface area contributed by atoms with E-state index >= 15 is 0 Å². The molecule has 0 aliphatic heterocycles. The topological polar surface area (TPSA) is 34.1 Å². The first-order valence-corrected chi connectivity index (χ1v) is 7.27. The first kappa shape index (κ1) is 14.0. The van der Waals surface area contributed by atoms with Crippen molar-refractivity contribution < 1.29 is 4.74 Å². The molecule has 2 aromatic rings. The lowest BCUT2D eigenvalue weighted by Gasteiger charge is -2.17. The fourth-order valence-corrected chi connectivity index (χ4v) is 2.65. The third-order valence-electron chi connectivity index (χ3n) is 3.11. The summed E-state index contributed by atoms with van der Waals surface area (Å²) in [4.78, 5) is 4.46. The second-order valence-electron chi connectivity index (χ2n) is 4.71. The van der Waals surface area contributed by atoms with E-state index in [9.17, 15) is 0 Å². The summed E-state index contributed by atoms with van der Waals surface area (Å²) < 4.78 is 5.45. The normalized spacial score (nSPS) is 12.4. The van der Waals surface area contributed by atoms with Gasteiger partial charge in [-0.1, -0.05) is 12.1 Å². The van der Waals surface area contributed by atoms with Gasteiger partial charge in [0, 0.05) is 23.5 Å². The Balaban J connectivity index is 2.05. The van der Waals surface area contributed by atoms with Crippen LogP contribution in [0.5, 0.6) is 5.75 Å². The Labute approximate surface area is 118 Å². The zero-order valence-electron chi connectivity index (χ0n) is 11.9. The lowest BCUT2D eigenvalue weighted by molar-refractivity contribution is 0.401. The van der Waals surface area contributed by atoms with Gasteiger partial charge in [-0.05, 0) is 32.4 Å². The van der Waals surface area contributed by atoms with E-state index < -0.39 is 0 Å². The van der Waals surface area contributed by atoms with Crippen molar-refractivity contribution in [2.75, 3.05) is 7.11 Å². The zero-order valence-corrected chi connectivity index (χ0v) is 12.7. The smallest absolute Gasteiger partial charge is 0.123 e. The summed E-state index contributed by atoms with van der Waals surface area (Å²) in [6.45, 7) is 7.03. The van der Waals surface area contributed by atoms with Crippen LogP contribution < -0.4 is 10.1 Å². The summed E-state index contributed by atoms with van der Waals surface area (Å²) >= 11 is 1.69. The van der Waals surface area contributed by atoms with E-state index in [1.54, 1.807) is 18.4 Å². The molecule has 1 aromatic carbocycles. The highest BCUT2D eigenvalue weighted by Crippen LogP contribution is 2.26. The van der Waals surface area contributed by atoms with Crippen molar-refractivity contribution in [3.8, 4) is 5.75 Å². The maximum atomic E-state index is 5.45. The minimum Gasteiger partial charge on any atom is -0.496 e. The lowest BCUT2D eigenvalue weighted by Crippen LogP contribution is -2.19. The van der Waals surface area contributed by atoms with Crippen LogP contribution in [0, 0.1) is 13.8 Å². The maximum absolute atomic E-state index is 5.45. The minimum atomic E-state index is 0.234. The van der Waals surface area contributed by atoms with Crippen molar-refractivity contribution in [1.29, 1.82) is 0 Å². The Morgan fingerprint density at radius 1 is 1.37 bits per heavy atom. The Kier molecular flexibility index (Phi) is 4.56. The zero-order chi connectivity index (χ0) is 13.8. The summed E-state index contributed by atoms with van der Waals surface area (Å²) in [6, 6.07) is 6.54. The molecule has 0 saturated carbocycles. The van der Waals surface area contributed by atoms with Crippen LogP contribution >= 0.6 is 11.3 Å². The quantitative estimate of drug-likeness (QED) is 0.905. The summed E-state index contributed by atoms with van der Waals surface area (Å²) in [6.07, 6.45) is 0. The molecule has 0 saturated heterocycles. The van der Waals surface area contributed by atoms with Gasteiger partial charge in [0.25, 0.3) is 0 Å². The van der Waals surface area contributed by atoms with E-state index in [2.05, 4.69) is 47.7 Å². The number of benzene rings is 1. The molecule has 1 atom stereocenters. The van der Waals surface area contributed by atoms with Crippen molar-refractivity contribution in [1.82, 2.24) is 10.3 Å². The Morgan fingerprint density at radius 3 is 2.79 bits per heavy atom.